The molecule has 3 heterocycles. The number of pyridine rings is 2. The third kappa shape index (κ3) is 3.12. The van der Waals surface area contributed by atoms with Gasteiger partial charge in [-0.2, -0.15) is 8.42 Å². The number of nitrogens with zero attached hydrogens (tertiary/aromatic N) is 3. The predicted octanol–water partition coefficient (Wildman–Crippen LogP) is 1.19. The van der Waals surface area contributed by atoms with Crippen molar-refractivity contribution in [2.45, 2.75) is 12.5 Å². The molecule has 1 saturated heterocycles. The molecule has 2 aromatic heterocycles. The predicted molar refractivity (Wildman–Crippen MR) is 82.6 cm³/mol. The van der Waals surface area contributed by atoms with E-state index in [0.29, 0.717) is 25.4 Å². The van der Waals surface area contributed by atoms with Gasteiger partial charge in [-0.05, 0) is 18.6 Å². The smallest absolute Gasteiger partial charge is 0.264 e. The van der Waals surface area contributed by atoms with Gasteiger partial charge in [-0.15, -0.1) is 0 Å². The Kier molecular flexibility index (Phi) is 3.88. The van der Waals surface area contributed by atoms with Gasteiger partial charge in [0.05, 0.1) is 30.7 Å². The quantitative estimate of drug-likeness (QED) is 0.782. The minimum atomic E-state index is -3.44. The topological polar surface area (TPSA) is 81.6 Å². The zero-order valence-electron chi connectivity index (χ0n) is 12.4. The zero-order valence-corrected chi connectivity index (χ0v) is 13.2. The first kappa shape index (κ1) is 15.0. The molecule has 1 aliphatic heterocycles. The third-order valence-corrected chi connectivity index (χ3v) is 4.16. The number of methoxy groups -OCH3 is 1. The van der Waals surface area contributed by atoms with Gasteiger partial charge in [0.15, 0.2) is 0 Å². The summed E-state index contributed by atoms with van der Waals surface area (Å²) in [7, 11) is -1.88. The maximum atomic E-state index is 11.2. The summed E-state index contributed by atoms with van der Waals surface area (Å²) in [5.74, 6) is 0.518. The lowest BCUT2D eigenvalue weighted by molar-refractivity contribution is 0.234. The van der Waals surface area contributed by atoms with Crippen LogP contribution in [0.5, 0.6) is 5.88 Å². The summed E-state index contributed by atoms with van der Waals surface area (Å²) in [6.45, 7) is 1.21. The Morgan fingerprint density at radius 3 is 2.86 bits per heavy atom. The summed E-state index contributed by atoms with van der Waals surface area (Å²) in [5.41, 5.74) is 2.41. The molecule has 1 aliphatic rings. The summed E-state index contributed by atoms with van der Waals surface area (Å²) < 4.78 is 32.7. The van der Waals surface area contributed by atoms with Gasteiger partial charge < -0.3 is 9.64 Å². The summed E-state index contributed by atoms with van der Waals surface area (Å²) in [4.78, 5) is 10.8. The fourth-order valence-corrected chi connectivity index (χ4v) is 3.29. The highest BCUT2D eigenvalue weighted by molar-refractivity contribution is 7.86. The van der Waals surface area contributed by atoms with Crippen LogP contribution < -0.4 is 9.64 Å². The van der Waals surface area contributed by atoms with Gasteiger partial charge in [0.25, 0.3) is 10.1 Å². The Morgan fingerprint density at radius 2 is 2.14 bits per heavy atom. The van der Waals surface area contributed by atoms with Crippen molar-refractivity contribution < 1.29 is 17.3 Å². The van der Waals surface area contributed by atoms with E-state index in [4.69, 9.17) is 8.92 Å². The Hall–Kier alpha value is -1.93. The number of ether oxygens (including phenoxy) is 1. The second-order valence-corrected chi connectivity index (χ2v) is 6.81. The number of anilines is 1. The van der Waals surface area contributed by atoms with Crippen LogP contribution in [0.1, 0.15) is 6.42 Å². The third-order valence-electron chi connectivity index (χ3n) is 3.54. The number of fused-ring (bicyclic) bond motifs is 1. The Labute approximate surface area is 129 Å². The number of hydrogen-bond donors (Lipinski definition) is 0. The lowest BCUT2D eigenvalue weighted by Gasteiger charge is -2.19. The van der Waals surface area contributed by atoms with E-state index in [2.05, 4.69) is 14.9 Å². The van der Waals surface area contributed by atoms with E-state index in [9.17, 15) is 8.42 Å². The Balaban J connectivity index is 1.91. The van der Waals surface area contributed by atoms with Crippen LogP contribution in [0, 0.1) is 0 Å². The summed E-state index contributed by atoms with van der Waals surface area (Å²) in [6.07, 6.45) is 3.12. The number of rotatable bonds is 4. The Morgan fingerprint density at radius 1 is 1.32 bits per heavy atom. The van der Waals surface area contributed by atoms with Crippen molar-refractivity contribution in [2.75, 3.05) is 31.4 Å². The van der Waals surface area contributed by atoms with Gasteiger partial charge >= 0.3 is 0 Å². The highest BCUT2D eigenvalue weighted by Crippen LogP contribution is 2.29. The van der Waals surface area contributed by atoms with Crippen LogP contribution in [0.15, 0.2) is 24.4 Å². The molecule has 0 aromatic carbocycles. The fraction of sp³-hybridized carbons (Fsp3) is 0.429. The molecular weight excluding hydrogens is 306 g/mol. The van der Waals surface area contributed by atoms with Crippen molar-refractivity contribution in [1.29, 1.82) is 0 Å². The molecular formula is C14H17N3O4S. The molecule has 1 atom stereocenters. The molecule has 118 valence electrons. The maximum absolute atomic E-state index is 11.2. The molecule has 0 saturated carbocycles. The van der Waals surface area contributed by atoms with Crippen LogP contribution in [-0.2, 0) is 14.3 Å². The van der Waals surface area contributed by atoms with Gasteiger partial charge in [0.1, 0.15) is 5.52 Å². The normalized spacial score (nSPS) is 18.8. The first-order chi connectivity index (χ1) is 10.5. The van der Waals surface area contributed by atoms with Crippen LogP contribution in [0.4, 0.5) is 5.69 Å². The largest absolute Gasteiger partial charge is 0.481 e. The van der Waals surface area contributed by atoms with Crippen molar-refractivity contribution >= 4 is 26.8 Å². The lowest BCUT2D eigenvalue weighted by atomic mass is 10.2. The van der Waals surface area contributed by atoms with E-state index >= 15 is 0 Å². The van der Waals surface area contributed by atoms with Gasteiger partial charge in [-0.3, -0.25) is 9.17 Å². The molecule has 7 nitrogen and oxygen atoms in total. The van der Waals surface area contributed by atoms with Crippen molar-refractivity contribution in [3.05, 3.63) is 24.4 Å². The highest BCUT2D eigenvalue weighted by Gasteiger charge is 2.27. The van der Waals surface area contributed by atoms with Crippen LogP contribution in [0.3, 0.4) is 0 Å². The average Bonchev–Trinajstić information content (AvgIpc) is 2.92. The van der Waals surface area contributed by atoms with E-state index < -0.39 is 10.1 Å². The molecule has 1 fully saturated rings. The van der Waals surface area contributed by atoms with Crippen molar-refractivity contribution in [3.8, 4) is 5.88 Å². The van der Waals surface area contributed by atoms with Crippen molar-refractivity contribution in [1.82, 2.24) is 9.97 Å². The van der Waals surface area contributed by atoms with Crippen LogP contribution in [0.2, 0.25) is 0 Å². The van der Waals surface area contributed by atoms with Gasteiger partial charge in [0, 0.05) is 25.4 Å². The van der Waals surface area contributed by atoms with Gasteiger partial charge in [-0.25, -0.2) is 4.98 Å². The van der Waals surface area contributed by atoms with E-state index in [1.165, 1.54) is 0 Å². The van der Waals surface area contributed by atoms with Crippen molar-refractivity contribution in [3.63, 3.8) is 0 Å². The molecule has 0 bridgehead atoms. The molecule has 0 N–H and O–H groups in total. The second kappa shape index (κ2) is 5.69. The maximum Gasteiger partial charge on any atom is 0.264 e. The summed E-state index contributed by atoms with van der Waals surface area (Å²) >= 11 is 0. The first-order valence-electron chi connectivity index (χ1n) is 6.89. The minimum absolute atomic E-state index is 0.330. The molecule has 0 amide bonds. The van der Waals surface area contributed by atoms with Crippen LogP contribution in [-0.4, -0.2) is 50.9 Å². The second-order valence-electron chi connectivity index (χ2n) is 5.21. The summed E-state index contributed by atoms with van der Waals surface area (Å²) in [5, 5.41) is 0. The molecule has 3 rings (SSSR count). The fourth-order valence-electron chi connectivity index (χ4n) is 2.64. The van der Waals surface area contributed by atoms with E-state index in [0.717, 1.165) is 23.0 Å². The average molecular weight is 323 g/mol. The molecule has 2 aromatic rings. The number of aromatic nitrogens is 2. The number of hydrogen-bond acceptors (Lipinski definition) is 7. The molecule has 0 radical (unpaired) electrons. The van der Waals surface area contributed by atoms with Crippen LogP contribution >= 0.6 is 0 Å². The molecule has 1 unspecified atom stereocenters. The van der Waals surface area contributed by atoms with Crippen molar-refractivity contribution in [2.24, 2.45) is 0 Å². The van der Waals surface area contributed by atoms with Gasteiger partial charge in [-0.1, -0.05) is 0 Å². The molecule has 0 aliphatic carbocycles. The molecule has 22 heavy (non-hydrogen) atoms. The molecule has 0 spiro atoms. The zero-order chi connectivity index (χ0) is 15.7. The molecule has 8 heteroatoms. The lowest BCUT2D eigenvalue weighted by Crippen LogP contribution is -2.24. The SMILES string of the molecule is COc1ccc2nccc(N3CCC(OS(C)(=O)=O)C3)c2n1. The van der Waals surface area contributed by atoms with E-state index in [-0.39, 0.29) is 6.10 Å². The van der Waals surface area contributed by atoms with Gasteiger partial charge in [0.2, 0.25) is 5.88 Å². The first-order valence-corrected chi connectivity index (χ1v) is 8.71. The standard InChI is InChI=1S/C14H17N3O4S/c1-20-13-4-3-11-14(16-13)12(5-7-15-11)17-8-6-10(9-17)21-22(2,18)19/h3-5,7,10H,6,8-9H2,1-2H3. The highest BCUT2D eigenvalue weighted by atomic mass is 32.2. The minimum Gasteiger partial charge on any atom is -0.481 e. The van der Waals surface area contributed by atoms with Crippen LogP contribution in [0.25, 0.3) is 11.0 Å². The van der Waals surface area contributed by atoms with E-state index in [1.54, 1.807) is 19.4 Å². The monoisotopic (exact) mass is 323 g/mol. The Bertz CT molecular complexity index is 794. The summed E-state index contributed by atoms with van der Waals surface area (Å²) in [6, 6.07) is 5.49. The van der Waals surface area contributed by atoms with E-state index in [1.807, 2.05) is 12.1 Å².